The largest absolute Gasteiger partial charge is 0.496 e. The highest BCUT2D eigenvalue weighted by molar-refractivity contribution is 5.98. The van der Waals surface area contributed by atoms with Crippen LogP contribution in [0.3, 0.4) is 0 Å². The Bertz CT molecular complexity index is 2130. The number of nitro benzene ring substituents is 1. The maximum atomic E-state index is 13.6. The lowest BCUT2D eigenvalue weighted by Gasteiger charge is -2.43. The molecule has 1 amide bonds. The number of aromatic amines is 1. The number of fused-ring (bicyclic) bond motifs is 2. The lowest BCUT2D eigenvalue weighted by Crippen LogP contribution is -2.54. The molecule has 0 atom stereocenters. The van der Waals surface area contributed by atoms with E-state index in [1.54, 1.807) is 10.7 Å². The van der Waals surface area contributed by atoms with Crippen LogP contribution in [-0.2, 0) is 12.1 Å². The van der Waals surface area contributed by atoms with Crippen LogP contribution >= 0.6 is 0 Å². The third-order valence-corrected chi connectivity index (χ3v) is 9.08. The lowest BCUT2D eigenvalue weighted by atomic mass is 9.97. The van der Waals surface area contributed by atoms with Gasteiger partial charge in [0.15, 0.2) is 0 Å². The Labute approximate surface area is 270 Å². The van der Waals surface area contributed by atoms with Crippen molar-refractivity contribution in [2.45, 2.75) is 25.9 Å². The van der Waals surface area contributed by atoms with Crippen LogP contribution < -0.4 is 4.74 Å². The van der Waals surface area contributed by atoms with E-state index in [1.807, 2.05) is 41.4 Å². The van der Waals surface area contributed by atoms with Gasteiger partial charge in [-0.3, -0.25) is 19.8 Å². The second kappa shape index (κ2) is 12.0. The monoisotopic (exact) mass is 630 g/mol. The van der Waals surface area contributed by atoms with Gasteiger partial charge in [0.2, 0.25) is 0 Å². The highest BCUT2D eigenvalue weighted by atomic mass is 16.6. The zero-order chi connectivity index (χ0) is 32.7. The van der Waals surface area contributed by atoms with Gasteiger partial charge in [0.25, 0.3) is 11.6 Å². The summed E-state index contributed by atoms with van der Waals surface area (Å²) in [6.07, 6.45) is 1.86. The minimum Gasteiger partial charge on any atom is -0.496 e. The lowest BCUT2D eigenvalue weighted by molar-refractivity contribution is -0.384. The SMILES string of the molecule is COc1ccc([N+](=O)[O-])cc1Cn1cc(C(C)(C)N2CCN(C(=O)c3ccc4nc(-c5ccc6ccccc6c5)[nH]c4c3)CC2)nn1. The van der Waals surface area contributed by atoms with E-state index < -0.39 is 10.5 Å². The number of hydrogen-bond acceptors (Lipinski definition) is 8. The summed E-state index contributed by atoms with van der Waals surface area (Å²) < 4.78 is 7.07. The fraction of sp³-hybridized carbons (Fsp3) is 0.257. The van der Waals surface area contributed by atoms with Crippen molar-refractivity contribution in [2.75, 3.05) is 33.3 Å². The number of carbonyl (C=O) groups is 1. The van der Waals surface area contributed by atoms with Crippen molar-refractivity contribution in [3.05, 3.63) is 112 Å². The summed E-state index contributed by atoms with van der Waals surface area (Å²) in [5, 5.41) is 22.4. The number of nitrogens with one attached hydrogen (secondary N) is 1. The van der Waals surface area contributed by atoms with Crippen LogP contribution in [0.25, 0.3) is 33.2 Å². The van der Waals surface area contributed by atoms with Crippen molar-refractivity contribution in [2.24, 2.45) is 0 Å². The number of imidazole rings is 1. The van der Waals surface area contributed by atoms with Gasteiger partial charge in [0, 0.05) is 55.0 Å². The van der Waals surface area contributed by atoms with Crippen molar-refractivity contribution in [3.8, 4) is 17.1 Å². The number of benzene rings is 4. The molecular weight excluding hydrogens is 596 g/mol. The van der Waals surface area contributed by atoms with E-state index in [9.17, 15) is 14.9 Å². The molecule has 12 heteroatoms. The van der Waals surface area contributed by atoms with E-state index in [-0.39, 0.29) is 18.1 Å². The first-order valence-corrected chi connectivity index (χ1v) is 15.4. The molecule has 0 saturated carbocycles. The molecule has 0 unspecified atom stereocenters. The molecule has 6 aromatic rings. The smallest absolute Gasteiger partial charge is 0.270 e. The molecule has 0 bridgehead atoms. The number of non-ortho nitro benzene ring substituents is 1. The molecule has 1 saturated heterocycles. The van der Waals surface area contributed by atoms with Crippen LogP contribution in [0.4, 0.5) is 5.69 Å². The Balaban J connectivity index is 1.01. The highest BCUT2D eigenvalue weighted by Crippen LogP contribution is 2.30. The quantitative estimate of drug-likeness (QED) is 0.169. The number of nitrogens with zero attached hydrogens (tertiary/aromatic N) is 7. The van der Waals surface area contributed by atoms with Crippen molar-refractivity contribution in [1.82, 2.24) is 34.8 Å². The zero-order valence-electron chi connectivity index (χ0n) is 26.4. The summed E-state index contributed by atoms with van der Waals surface area (Å²) in [4.78, 5) is 36.8. The molecule has 1 fully saturated rings. The van der Waals surface area contributed by atoms with Crippen molar-refractivity contribution < 1.29 is 14.5 Å². The third-order valence-electron chi connectivity index (χ3n) is 9.08. The van der Waals surface area contributed by atoms with E-state index in [0.29, 0.717) is 43.1 Å². The molecule has 0 radical (unpaired) electrons. The van der Waals surface area contributed by atoms with Crippen LogP contribution in [0, 0.1) is 10.1 Å². The fourth-order valence-electron chi connectivity index (χ4n) is 6.26. The van der Waals surface area contributed by atoms with Crippen LogP contribution in [0.2, 0.25) is 0 Å². The number of rotatable bonds is 8. The summed E-state index contributed by atoms with van der Waals surface area (Å²) >= 11 is 0. The number of hydrogen-bond donors (Lipinski definition) is 1. The number of piperazine rings is 1. The minimum atomic E-state index is -0.450. The predicted octanol–water partition coefficient (Wildman–Crippen LogP) is 5.63. The minimum absolute atomic E-state index is 0.0101. The average Bonchev–Trinajstić information content (AvgIpc) is 3.75. The molecule has 2 aromatic heterocycles. The summed E-state index contributed by atoms with van der Waals surface area (Å²) in [7, 11) is 1.53. The molecule has 0 aliphatic carbocycles. The van der Waals surface area contributed by atoms with Gasteiger partial charge in [0.05, 0.1) is 41.3 Å². The number of amides is 1. The van der Waals surface area contributed by atoms with E-state index in [4.69, 9.17) is 9.72 Å². The molecule has 12 nitrogen and oxygen atoms in total. The van der Waals surface area contributed by atoms with Gasteiger partial charge in [-0.2, -0.15) is 0 Å². The van der Waals surface area contributed by atoms with Crippen molar-refractivity contribution >= 4 is 33.4 Å². The predicted molar refractivity (Wildman–Crippen MR) is 178 cm³/mol. The second-order valence-corrected chi connectivity index (χ2v) is 12.3. The highest BCUT2D eigenvalue weighted by Gasteiger charge is 2.35. The first-order chi connectivity index (χ1) is 22.7. The van der Waals surface area contributed by atoms with Gasteiger partial charge >= 0.3 is 0 Å². The van der Waals surface area contributed by atoms with Gasteiger partial charge < -0.3 is 14.6 Å². The Hall–Kier alpha value is -5.62. The molecular formula is C35H34N8O4. The van der Waals surface area contributed by atoms with E-state index in [2.05, 4.69) is 64.4 Å². The molecule has 0 spiro atoms. The number of carbonyl (C=O) groups excluding carboxylic acids is 1. The summed E-state index contributed by atoms with van der Waals surface area (Å²) in [6, 6.07) is 24.6. The summed E-state index contributed by atoms with van der Waals surface area (Å²) in [5.41, 5.74) is 4.21. The zero-order valence-corrected chi connectivity index (χ0v) is 26.4. The van der Waals surface area contributed by atoms with Crippen molar-refractivity contribution in [3.63, 3.8) is 0 Å². The first kappa shape index (κ1) is 30.1. The number of nitro groups is 1. The molecule has 1 aliphatic rings. The number of methoxy groups -OCH3 is 1. The Morgan fingerprint density at radius 1 is 0.979 bits per heavy atom. The van der Waals surface area contributed by atoms with Crippen LogP contribution in [0.1, 0.15) is 35.5 Å². The second-order valence-electron chi connectivity index (χ2n) is 12.3. The topological polar surface area (TPSA) is 135 Å². The third kappa shape index (κ3) is 5.79. The van der Waals surface area contributed by atoms with Crippen LogP contribution in [-0.4, -0.2) is 78.9 Å². The van der Waals surface area contributed by atoms with Gasteiger partial charge in [0.1, 0.15) is 17.3 Å². The van der Waals surface area contributed by atoms with Gasteiger partial charge in [-0.05, 0) is 55.0 Å². The number of ether oxygens (including phenoxy) is 1. The van der Waals surface area contributed by atoms with E-state index in [1.165, 1.54) is 24.6 Å². The Morgan fingerprint density at radius 2 is 1.77 bits per heavy atom. The molecule has 1 N–H and O–H groups in total. The molecule has 3 heterocycles. The molecule has 238 valence electrons. The molecule has 7 rings (SSSR count). The molecule has 1 aliphatic heterocycles. The number of aromatic nitrogens is 5. The molecule has 47 heavy (non-hydrogen) atoms. The Morgan fingerprint density at radius 3 is 2.53 bits per heavy atom. The van der Waals surface area contributed by atoms with Gasteiger partial charge in [-0.25, -0.2) is 9.67 Å². The van der Waals surface area contributed by atoms with Crippen molar-refractivity contribution in [1.29, 1.82) is 0 Å². The van der Waals surface area contributed by atoms with Gasteiger partial charge in [-0.1, -0.05) is 41.6 Å². The van der Waals surface area contributed by atoms with E-state index in [0.717, 1.165) is 33.5 Å². The summed E-state index contributed by atoms with van der Waals surface area (Å²) in [5.74, 6) is 1.31. The Kier molecular flexibility index (Phi) is 7.64. The summed E-state index contributed by atoms with van der Waals surface area (Å²) in [6.45, 7) is 6.94. The standard InChI is InChI=1S/C35H34N8O4/c1-35(2,32-22-42(39-38-32)21-27-19-28(43(45)46)11-13-31(27)47-3)41-16-14-40(15-17-41)34(44)26-10-12-29-30(20-26)37-33(36-29)25-9-8-23-6-4-5-7-24(23)18-25/h4-13,18-20,22H,14-17,21H2,1-3H3,(H,36,37). The maximum absolute atomic E-state index is 13.6. The normalized spacial score (nSPS) is 14.1. The maximum Gasteiger partial charge on any atom is 0.270 e. The average molecular weight is 631 g/mol. The van der Waals surface area contributed by atoms with Gasteiger partial charge in [-0.15, -0.1) is 5.10 Å². The van der Waals surface area contributed by atoms with Crippen LogP contribution in [0.15, 0.2) is 85.1 Å². The number of H-pyrrole nitrogens is 1. The van der Waals surface area contributed by atoms with Crippen LogP contribution in [0.5, 0.6) is 5.75 Å². The first-order valence-electron chi connectivity index (χ1n) is 15.4. The molecule has 4 aromatic carbocycles. The van der Waals surface area contributed by atoms with E-state index >= 15 is 0 Å². The fourth-order valence-corrected chi connectivity index (χ4v) is 6.26.